The molecule has 1 N–H and O–H groups in total. The van der Waals surface area contributed by atoms with Crippen LogP contribution in [-0.2, 0) is 9.59 Å². The van der Waals surface area contributed by atoms with Gasteiger partial charge in [-0.2, -0.15) is 0 Å². The van der Waals surface area contributed by atoms with Crippen LogP contribution in [0.3, 0.4) is 0 Å². The van der Waals surface area contributed by atoms with E-state index >= 15 is 0 Å². The maximum Gasteiger partial charge on any atom is 0.246 e. The number of amides is 2. The summed E-state index contributed by atoms with van der Waals surface area (Å²) in [6.45, 7) is 0. The molecule has 1 aliphatic heterocycles. The lowest BCUT2D eigenvalue weighted by Crippen LogP contribution is -2.53. The SMILES string of the molecule is CN1C(=O)CCC(NC2CCCCCC2)C1=O. The van der Waals surface area contributed by atoms with Crippen LogP contribution in [0.15, 0.2) is 0 Å². The first-order valence-corrected chi connectivity index (χ1v) is 6.75. The summed E-state index contributed by atoms with van der Waals surface area (Å²) in [4.78, 5) is 24.6. The molecule has 1 saturated carbocycles. The molecule has 0 spiro atoms. The van der Waals surface area contributed by atoms with Crippen molar-refractivity contribution in [3.05, 3.63) is 0 Å². The van der Waals surface area contributed by atoms with Crippen LogP contribution in [0.1, 0.15) is 51.4 Å². The van der Waals surface area contributed by atoms with Crippen molar-refractivity contribution in [1.82, 2.24) is 10.2 Å². The molecule has 1 saturated heterocycles. The van der Waals surface area contributed by atoms with Gasteiger partial charge in [-0.3, -0.25) is 14.5 Å². The third-order valence-corrected chi connectivity index (χ3v) is 3.94. The number of piperidine rings is 1. The number of carbonyl (C=O) groups excluding carboxylic acids is 2. The van der Waals surface area contributed by atoms with Gasteiger partial charge in [0.15, 0.2) is 0 Å². The van der Waals surface area contributed by atoms with E-state index in [1.807, 2.05) is 0 Å². The van der Waals surface area contributed by atoms with E-state index in [2.05, 4.69) is 5.32 Å². The Morgan fingerprint density at radius 1 is 1.06 bits per heavy atom. The lowest BCUT2D eigenvalue weighted by atomic mass is 10.0. The molecule has 17 heavy (non-hydrogen) atoms. The third-order valence-electron chi connectivity index (χ3n) is 3.94. The molecule has 1 atom stereocenters. The maximum absolute atomic E-state index is 11.9. The highest BCUT2D eigenvalue weighted by molar-refractivity contribution is 6.00. The Balaban J connectivity index is 1.89. The van der Waals surface area contributed by atoms with Gasteiger partial charge in [-0.05, 0) is 19.3 Å². The van der Waals surface area contributed by atoms with Gasteiger partial charge in [-0.1, -0.05) is 25.7 Å². The third kappa shape index (κ3) is 3.06. The Morgan fingerprint density at radius 2 is 1.71 bits per heavy atom. The Labute approximate surface area is 103 Å². The number of carbonyl (C=O) groups is 2. The van der Waals surface area contributed by atoms with Gasteiger partial charge in [0.05, 0.1) is 6.04 Å². The minimum Gasteiger partial charge on any atom is -0.303 e. The van der Waals surface area contributed by atoms with E-state index in [0.717, 1.165) is 0 Å². The van der Waals surface area contributed by atoms with Gasteiger partial charge in [0.25, 0.3) is 0 Å². The molecule has 0 radical (unpaired) electrons. The van der Waals surface area contributed by atoms with E-state index in [0.29, 0.717) is 18.9 Å². The van der Waals surface area contributed by atoms with Crippen LogP contribution in [-0.4, -0.2) is 35.8 Å². The number of hydrogen-bond donors (Lipinski definition) is 1. The molecular formula is C13H22N2O2. The molecule has 4 nitrogen and oxygen atoms in total. The minimum atomic E-state index is -0.138. The highest BCUT2D eigenvalue weighted by Crippen LogP contribution is 2.20. The molecule has 1 unspecified atom stereocenters. The molecule has 4 heteroatoms. The fourth-order valence-corrected chi connectivity index (χ4v) is 2.80. The first-order valence-electron chi connectivity index (χ1n) is 6.75. The Morgan fingerprint density at radius 3 is 2.35 bits per heavy atom. The quantitative estimate of drug-likeness (QED) is 0.585. The van der Waals surface area contributed by atoms with Gasteiger partial charge in [-0.15, -0.1) is 0 Å². The molecule has 1 aliphatic carbocycles. The molecule has 0 aromatic carbocycles. The van der Waals surface area contributed by atoms with E-state index in [-0.39, 0.29) is 17.9 Å². The fraction of sp³-hybridized carbons (Fsp3) is 0.846. The number of likely N-dealkylation sites (tertiary alicyclic amines) is 1. The molecule has 1 heterocycles. The number of nitrogens with one attached hydrogen (secondary N) is 1. The summed E-state index contributed by atoms with van der Waals surface area (Å²) in [6.07, 6.45) is 8.64. The summed E-state index contributed by atoms with van der Waals surface area (Å²) in [5.74, 6) is -0.0978. The fourth-order valence-electron chi connectivity index (χ4n) is 2.80. The first kappa shape index (κ1) is 12.6. The largest absolute Gasteiger partial charge is 0.303 e. The second-order valence-corrected chi connectivity index (χ2v) is 5.24. The van der Waals surface area contributed by atoms with Crippen LogP contribution in [0, 0.1) is 0 Å². The van der Waals surface area contributed by atoms with Crippen LogP contribution >= 0.6 is 0 Å². The number of hydrogen-bond acceptors (Lipinski definition) is 3. The number of rotatable bonds is 2. The van der Waals surface area contributed by atoms with Crippen LogP contribution in [0.25, 0.3) is 0 Å². The van der Waals surface area contributed by atoms with Gasteiger partial charge in [0.2, 0.25) is 11.8 Å². The second kappa shape index (κ2) is 5.63. The molecule has 96 valence electrons. The number of likely N-dealkylation sites (N-methyl/N-ethyl adjacent to an activating group) is 1. The van der Waals surface area contributed by atoms with Crippen molar-refractivity contribution in [2.45, 2.75) is 63.5 Å². The predicted molar refractivity (Wildman–Crippen MR) is 65.4 cm³/mol. The molecule has 0 aromatic heterocycles. The highest BCUT2D eigenvalue weighted by Gasteiger charge is 2.32. The van der Waals surface area contributed by atoms with Crippen molar-refractivity contribution >= 4 is 11.8 Å². The summed E-state index contributed by atoms with van der Waals surface area (Å²) < 4.78 is 0. The van der Waals surface area contributed by atoms with E-state index in [9.17, 15) is 9.59 Å². The zero-order chi connectivity index (χ0) is 12.3. The first-order chi connectivity index (χ1) is 8.18. The molecule has 0 bridgehead atoms. The number of imide groups is 1. The average molecular weight is 238 g/mol. The second-order valence-electron chi connectivity index (χ2n) is 5.24. The maximum atomic E-state index is 11.9. The van der Waals surface area contributed by atoms with Gasteiger partial charge in [0, 0.05) is 19.5 Å². The molecule has 2 amide bonds. The Hall–Kier alpha value is -0.900. The van der Waals surface area contributed by atoms with E-state index in [1.54, 1.807) is 7.05 Å². The smallest absolute Gasteiger partial charge is 0.246 e. The van der Waals surface area contributed by atoms with Crippen molar-refractivity contribution in [2.24, 2.45) is 0 Å². The summed E-state index contributed by atoms with van der Waals surface area (Å²) in [5.41, 5.74) is 0. The Kier molecular flexibility index (Phi) is 4.15. The molecule has 2 fully saturated rings. The summed E-state index contributed by atoms with van der Waals surface area (Å²) in [5, 5.41) is 3.46. The van der Waals surface area contributed by atoms with Crippen molar-refractivity contribution in [3.8, 4) is 0 Å². The highest BCUT2D eigenvalue weighted by atomic mass is 16.2. The van der Waals surface area contributed by atoms with Crippen LogP contribution in [0.4, 0.5) is 0 Å². The predicted octanol–water partition coefficient (Wildman–Crippen LogP) is 1.45. The Bertz CT molecular complexity index is 296. The van der Waals surface area contributed by atoms with Gasteiger partial charge >= 0.3 is 0 Å². The average Bonchev–Trinajstić information content (AvgIpc) is 2.59. The van der Waals surface area contributed by atoms with Gasteiger partial charge in [-0.25, -0.2) is 0 Å². The summed E-state index contributed by atoms with van der Waals surface area (Å²) >= 11 is 0. The summed E-state index contributed by atoms with van der Waals surface area (Å²) in [7, 11) is 1.59. The normalized spacial score (nSPS) is 28.3. The lowest BCUT2D eigenvalue weighted by molar-refractivity contribution is -0.148. The van der Waals surface area contributed by atoms with Crippen LogP contribution in [0.2, 0.25) is 0 Å². The van der Waals surface area contributed by atoms with Gasteiger partial charge < -0.3 is 5.32 Å². The van der Waals surface area contributed by atoms with E-state index in [1.165, 1.54) is 43.4 Å². The standard InChI is InChI=1S/C13H22N2O2/c1-15-12(16)9-8-11(13(15)17)14-10-6-4-2-3-5-7-10/h10-11,14H,2-9H2,1H3. The number of nitrogens with zero attached hydrogens (tertiary/aromatic N) is 1. The van der Waals surface area contributed by atoms with Crippen LogP contribution < -0.4 is 5.32 Å². The molecule has 2 rings (SSSR count). The van der Waals surface area contributed by atoms with Gasteiger partial charge in [0.1, 0.15) is 0 Å². The van der Waals surface area contributed by atoms with E-state index < -0.39 is 0 Å². The molecule has 0 aromatic rings. The topological polar surface area (TPSA) is 49.4 Å². The van der Waals surface area contributed by atoms with Crippen molar-refractivity contribution in [2.75, 3.05) is 7.05 Å². The lowest BCUT2D eigenvalue weighted by Gasteiger charge is -2.31. The molecule has 2 aliphatic rings. The van der Waals surface area contributed by atoms with Crippen molar-refractivity contribution in [3.63, 3.8) is 0 Å². The zero-order valence-corrected chi connectivity index (χ0v) is 10.6. The molecular weight excluding hydrogens is 216 g/mol. The monoisotopic (exact) mass is 238 g/mol. The zero-order valence-electron chi connectivity index (χ0n) is 10.6. The van der Waals surface area contributed by atoms with Crippen LogP contribution in [0.5, 0.6) is 0 Å². The summed E-state index contributed by atoms with van der Waals surface area (Å²) in [6, 6.07) is 0.328. The van der Waals surface area contributed by atoms with E-state index in [4.69, 9.17) is 0 Å². The van der Waals surface area contributed by atoms with Crippen molar-refractivity contribution < 1.29 is 9.59 Å². The van der Waals surface area contributed by atoms with Crippen molar-refractivity contribution in [1.29, 1.82) is 0 Å². The minimum absolute atomic E-state index is 0.0473.